The average Bonchev–Trinajstić information content (AvgIpc) is 2.78. The van der Waals surface area contributed by atoms with Crippen molar-refractivity contribution < 1.29 is 13.3 Å². The van der Waals surface area contributed by atoms with E-state index in [0.717, 1.165) is 6.07 Å². The van der Waals surface area contributed by atoms with Gasteiger partial charge in [-0.25, -0.2) is 8.42 Å². The summed E-state index contributed by atoms with van der Waals surface area (Å²) in [5, 5.41) is 24.5. The van der Waals surface area contributed by atoms with Crippen LogP contribution in [0.3, 0.4) is 0 Å². The van der Waals surface area contributed by atoms with Gasteiger partial charge < -0.3 is 0 Å². The number of hydrogen-bond donors (Lipinski definition) is 2. The number of hydrazone groups is 1. The first-order chi connectivity index (χ1) is 15.2. The zero-order chi connectivity index (χ0) is 23.3. The monoisotopic (exact) mass is 469 g/mol. The van der Waals surface area contributed by atoms with E-state index in [1.54, 1.807) is 43.3 Å². The Morgan fingerprint density at radius 3 is 2.41 bits per heavy atom. The first-order valence-corrected chi connectivity index (χ1v) is 10.9. The highest BCUT2D eigenvalue weighted by atomic mass is 35.5. The minimum atomic E-state index is -4.25. The van der Waals surface area contributed by atoms with Crippen molar-refractivity contribution in [1.82, 2.24) is 0 Å². The lowest BCUT2D eigenvalue weighted by atomic mass is 10.1. The number of nitrogens with one attached hydrogen (secondary N) is 2. The molecule has 0 amide bonds. The molecular weight excluding hydrogens is 454 g/mol. The van der Waals surface area contributed by atoms with Crippen LogP contribution in [0.15, 0.2) is 76.7 Å². The molecule has 0 saturated heterocycles. The number of hydrogen-bond acceptors (Lipinski definition) is 7. The molecule has 0 aliphatic rings. The van der Waals surface area contributed by atoms with Gasteiger partial charge in [0.25, 0.3) is 15.7 Å². The summed E-state index contributed by atoms with van der Waals surface area (Å²) in [5.74, 6) is 0. The number of anilines is 2. The molecule has 3 aromatic rings. The van der Waals surface area contributed by atoms with E-state index in [0.29, 0.717) is 16.8 Å². The van der Waals surface area contributed by atoms with E-state index in [2.05, 4.69) is 15.2 Å². The summed E-state index contributed by atoms with van der Waals surface area (Å²) in [6.45, 7) is 1.69. The van der Waals surface area contributed by atoms with Gasteiger partial charge in [0.2, 0.25) is 0 Å². The highest BCUT2D eigenvalue weighted by molar-refractivity contribution is 7.93. The van der Waals surface area contributed by atoms with Crippen molar-refractivity contribution in [2.24, 2.45) is 5.10 Å². The highest BCUT2D eigenvalue weighted by Gasteiger charge is 2.23. The highest BCUT2D eigenvalue weighted by Crippen LogP contribution is 2.30. The Hall–Kier alpha value is -3.94. The van der Waals surface area contributed by atoms with E-state index in [1.807, 2.05) is 6.07 Å². The minimum Gasteiger partial charge on any atom is -0.278 e. The van der Waals surface area contributed by atoms with Crippen molar-refractivity contribution in [3.63, 3.8) is 0 Å². The molecule has 11 heteroatoms. The summed E-state index contributed by atoms with van der Waals surface area (Å²) in [7, 11) is -4.25. The van der Waals surface area contributed by atoms with Gasteiger partial charge in [-0.3, -0.25) is 20.3 Å². The van der Waals surface area contributed by atoms with Gasteiger partial charge in [-0.2, -0.15) is 10.4 Å². The molecule has 0 aliphatic heterocycles. The second-order valence-electron chi connectivity index (χ2n) is 6.52. The molecular formula is C21H16ClN5O4S. The van der Waals surface area contributed by atoms with Crippen LogP contribution in [0.25, 0.3) is 0 Å². The van der Waals surface area contributed by atoms with E-state index in [-0.39, 0.29) is 21.3 Å². The van der Waals surface area contributed by atoms with Gasteiger partial charge >= 0.3 is 0 Å². The third kappa shape index (κ3) is 5.21. The van der Waals surface area contributed by atoms with Gasteiger partial charge in [-0.15, -0.1) is 0 Å². The van der Waals surface area contributed by atoms with Crippen LogP contribution < -0.4 is 10.1 Å². The Morgan fingerprint density at radius 1 is 1.09 bits per heavy atom. The smallest absolute Gasteiger partial charge is 0.270 e. The summed E-state index contributed by atoms with van der Waals surface area (Å²) in [6, 6.07) is 18.3. The molecule has 0 aromatic heterocycles. The number of nitrogens with zero attached hydrogens (tertiary/aromatic N) is 3. The maximum Gasteiger partial charge on any atom is 0.270 e. The first-order valence-electron chi connectivity index (χ1n) is 9.08. The molecule has 0 spiro atoms. The van der Waals surface area contributed by atoms with E-state index in [9.17, 15) is 18.5 Å². The molecule has 9 nitrogen and oxygen atoms in total. The van der Waals surface area contributed by atoms with E-state index >= 15 is 0 Å². The second kappa shape index (κ2) is 9.47. The number of halogens is 1. The molecule has 0 bridgehead atoms. The summed E-state index contributed by atoms with van der Waals surface area (Å²) in [5.41, 5.74) is 4.12. The molecule has 3 rings (SSSR count). The fourth-order valence-corrected chi connectivity index (χ4v) is 4.17. The molecule has 0 unspecified atom stereocenters. The number of benzene rings is 3. The van der Waals surface area contributed by atoms with Crippen molar-refractivity contribution in [2.45, 2.75) is 11.8 Å². The van der Waals surface area contributed by atoms with E-state index in [1.165, 1.54) is 24.3 Å². The molecule has 32 heavy (non-hydrogen) atoms. The maximum absolute atomic E-state index is 13.0. The normalized spacial score (nSPS) is 11.5. The van der Waals surface area contributed by atoms with Crippen LogP contribution in [0.1, 0.15) is 18.1 Å². The van der Waals surface area contributed by atoms with Crippen LogP contribution >= 0.6 is 11.6 Å². The number of nitro benzene ring substituents is 1. The van der Waals surface area contributed by atoms with Crippen LogP contribution in [0.2, 0.25) is 5.02 Å². The summed E-state index contributed by atoms with van der Waals surface area (Å²) < 4.78 is 28.4. The molecule has 0 saturated carbocycles. The lowest BCUT2D eigenvalue weighted by molar-refractivity contribution is -0.385. The van der Waals surface area contributed by atoms with Crippen LogP contribution in [-0.2, 0) is 10.0 Å². The summed E-state index contributed by atoms with van der Waals surface area (Å²) in [4.78, 5) is 10.1. The molecule has 0 heterocycles. The summed E-state index contributed by atoms with van der Waals surface area (Å²) >= 11 is 6.04. The average molecular weight is 470 g/mol. The number of nitriles is 1. The van der Waals surface area contributed by atoms with Gasteiger partial charge in [-0.05, 0) is 42.8 Å². The minimum absolute atomic E-state index is 0.0307. The van der Waals surface area contributed by atoms with Crippen LogP contribution in [0.5, 0.6) is 0 Å². The third-order valence-electron chi connectivity index (χ3n) is 4.36. The number of non-ortho nitro benzene ring substituents is 1. The van der Waals surface area contributed by atoms with Crippen molar-refractivity contribution in [2.75, 3.05) is 10.1 Å². The predicted octanol–water partition coefficient (Wildman–Crippen LogP) is 4.76. The molecule has 162 valence electrons. The lowest BCUT2D eigenvalue weighted by Crippen LogP contribution is -2.15. The van der Waals surface area contributed by atoms with E-state index in [4.69, 9.17) is 16.9 Å². The quantitative estimate of drug-likeness (QED) is 0.290. The lowest BCUT2D eigenvalue weighted by Gasteiger charge is -2.13. The maximum atomic E-state index is 13.0. The Labute approximate surface area is 189 Å². The molecule has 0 atom stereocenters. The second-order valence-corrected chi connectivity index (χ2v) is 8.58. The Kier molecular flexibility index (Phi) is 6.73. The Balaban J connectivity index is 1.98. The first kappa shape index (κ1) is 22.7. The largest absolute Gasteiger partial charge is 0.278 e. The van der Waals surface area contributed by atoms with Crippen LogP contribution in [0.4, 0.5) is 17.1 Å². The van der Waals surface area contributed by atoms with Gasteiger partial charge in [0.15, 0.2) is 0 Å². The number of para-hydroxylation sites is 1. The van der Waals surface area contributed by atoms with Gasteiger partial charge in [0, 0.05) is 12.1 Å². The topological polar surface area (TPSA) is 137 Å². The predicted molar refractivity (Wildman–Crippen MR) is 122 cm³/mol. The third-order valence-corrected chi connectivity index (χ3v) is 6.09. The number of sulfonamides is 1. The zero-order valence-corrected chi connectivity index (χ0v) is 18.2. The number of rotatable bonds is 7. The zero-order valence-electron chi connectivity index (χ0n) is 16.6. The van der Waals surface area contributed by atoms with Crippen molar-refractivity contribution in [3.8, 4) is 6.07 Å². The Morgan fingerprint density at radius 2 is 1.78 bits per heavy atom. The fourth-order valence-electron chi connectivity index (χ4n) is 2.68. The van der Waals surface area contributed by atoms with Crippen molar-refractivity contribution >= 4 is 44.4 Å². The molecule has 0 radical (unpaired) electrons. The van der Waals surface area contributed by atoms with Gasteiger partial charge in [0.05, 0.1) is 38.7 Å². The van der Waals surface area contributed by atoms with Crippen molar-refractivity contribution in [1.29, 1.82) is 5.26 Å². The van der Waals surface area contributed by atoms with E-state index < -0.39 is 20.6 Å². The van der Waals surface area contributed by atoms with Gasteiger partial charge in [-0.1, -0.05) is 35.9 Å². The van der Waals surface area contributed by atoms with Crippen LogP contribution in [-0.4, -0.2) is 19.1 Å². The molecule has 0 aliphatic carbocycles. The summed E-state index contributed by atoms with van der Waals surface area (Å²) in [6.07, 6.45) is 0. The van der Waals surface area contributed by atoms with Gasteiger partial charge in [0.1, 0.15) is 4.90 Å². The molecule has 0 fully saturated rings. The SMILES string of the molecule is CC(=NNc1ccc([N+](=O)[O-])cc1S(=O)(=O)Nc1ccccc1Cl)c1ccc(C#N)cc1. The molecule has 2 N–H and O–H groups in total. The Bertz CT molecular complexity index is 1350. The molecule has 3 aromatic carbocycles. The standard InChI is InChI=1S/C21H16ClN5O4S/c1-14(16-8-6-15(13-23)7-9-16)24-25-20-11-10-17(27(28)29)12-21(20)32(30,31)26-19-5-3-2-4-18(19)22/h2-12,25-26H,1H3. The fraction of sp³-hybridized carbons (Fsp3) is 0.0476. The van der Waals surface area contributed by atoms with Crippen molar-refractivity contribution in [3.05, 3.63) is 93.0 Å². The van der Waals surface area contributed by atoms with Crippen LogP contribution in [0, 0.1) is 21.4 Å². The number of nitro groups is 1.